The van der Waals surface area contributed by atoms with E-state index in [0.717, 1.165) is 11.1 Å². The van der Waals surface area contributed by atoms with E-state index < -0.39 is 0 Å². The first-order chi connectivity index (χ1) is 8.61. The van der Waals surface area contributed by atoms with Crippen LogP contribution in [0, 0.1) is 13.8 Å². The molecule has 0 aliphatic rings. The molecule has 1 amide bonds. The third-order valence-corrected chi connectivity index (χ3v) is 3.19. The first-order valence-corrected chi connectivity index (χ1v) is 6.01. The van der Waals surface area contributed by atoms with Crippen LogP contribution in [-0.4, -0.2) is 13.0 Å². The van der Waals surface area contributed by atoms with Gasteiger partial charge in [-0.25, -0.2) is 0 Å². The van der Waals surface area contributed by atoms with Crippen molar-refractivity contribution in [2.75, 3.05) is 7.05 Å². The fourth-order valence-corrected chi connectivity index (χ4v) is 1.91. The summed E-state index contributed by atoms with van der Waals surface area (Å²) in [5.74, 6) is -0.0549. The van der Waals surface area contributed by atoms with Crippen molar-refractivity contribution in [3.8, 4) is 11.1 Å². The molecule has 2 heteroatoms. The van der Waals surface area contributed by atoms with Crippen LogP contribution >= 0.6 is 0 Å². The number of hydrogen-bond acceptors (Lipinski definition) is 1. The van der Waals surface area contributed by atoms with Crippen molar-refractivity contribution < 1.29 is 4.79 Å². The van der Waals surface area contributed by atoms with E-state index in [1.807, 2.05) is 24.3 Å². The topological polar surface area (TPSA) is 29.1 Å². The van der Waals surface area contributed by atoms with Gasteiger partial charge in [-0.2, -0.15) is 0 Å². The third-order valence-electron chi connectivity index (χ3n) is 3.19. The number of carbonyl (C=O) groups is 1. The second-order valence-electron chi connectivity index (χ2n) is 4.46. The van der Waals surface area contributed by atoms with E-state index in [9.17, 15) is 4.79 Å². The van der Waals surface area contributed by atoms with Gasteiger partial charge in [0.2, 0.25) is 0 Å². The minimum absolute atomic E-state index is 0.0549. The molecule has 92 valence electrons. The molecular weight excluding hydrogens is 222 g/mol. The highest BCUT2D eigenvalue weighted by molar-refractivity contribution is 5.95. The van der Waals surface area contributed by atoms with Crippen LogP contribution in [0.2, 0.25) is 0 Å². The average molecular weight is 239 g/mol. The highest BCUT2D eigenvalue weighted by atomic mass is 16.1. The standard InChI is InChI=1S/C16H17NO/c1-11-7-8-14(9-12(11)2)13-5-4-6-15(10-13)16(18)17-3/h4-10H,1-3H3,(H,17,18). The van der Waals surface area contributed by atoms with Gasteiger partial charge < -0.3 is 5.32 Å². The predicted octanol–water partition coefficient (Wildman–Crippen LogP) is 3.33. The van der Waals surface area contributed by atoms with Crippen LogP contribution < -0.4 is 5.32 Å². The SMILES string of the molecule is CNC(=O)c1cccc(-c2ccc(C)c(C)c2)c1. The monoisotopic (exact) mass is 239 g/mol. The Morgan fingerprint density at radius 3 is 2.33 bits per heavy atom. The van der Waals surface area contributed by atoms with E-state index in [-0.39, 0.29) is 5.91 Å². The third kappa shape index (κ3) is 2.43. The van der Waals surface area contributed by atoms with Crippen molar-refractivity contribution in [3.63, 3.8) is 0 Å². The first kappa shape index (κ1) is 12.4. The summed E-state index contributed by atoms with van der Waals surface area (Å²) < 4.78 is 0. The minimum atomic E-state index is -0.0549. The van der Waals surface area contributed by atoms with Gasteiger partial charge in [-0.05, 0) is 48.2 Å². The van der Waals surface area contributed by atoms with Crippen LogP contribution in [0.25, 0.3) is 11.1 Å². The molecule has 0 bridgehead atoms. The molecule has 0 atom stereocenters. The van der Waals surface area contributed by atoms with E-state index in [0.29, 0.717) is 5.56 Å². The fourth-order valence-electron chi connectivity index (χ4n) is 1.91. The molecule has 0 saturated heterocycles. The van der Waals surface area contributed by atoms with Crippen molar-refractivity contribution in [1.29, 1.82) is 0 Å². The summed E-state index contributed by atoms with van der Waals surface area (Å²) >= 11 is 0. The number of carbonyl (C=O) groups excluding carboxylic acids is 1. The lowest BCUT2D eigenvalue weighted by Gasteiger charge is -2.07. The van der Waals surface area contributed by atoms with Crippen molar-refractivity contribution in [1.82, 2.24) is 5.32 Å². The quantitative estimate of drug-likeness (QED) is 0.855. The molecule has 0 aliphatic heterocycles. The molecule has 2 rings (SSSR count). The van der Waals surface area contributed by atoms with Crippen LogP contribution in [0.15, 0.2) is 42.5 Å². The molecule has 2 aromatic rings. The second kappa shape index (κ2) is 5.05. The highest BCUT2D eigenvalue weighted by Crippen LogP contribution is 2.23. The Labute approximate surface area is 108 Å². The van der Waals surface area contributed by atoms with Crippen molar-refractivity contribution >= 4 is 5.91 Å². The van der Waals surface area contributed by atoms with Gasteiger partial charge in [-0.3, -0.25) is 4.79 Å². The van der Waals surface area contributed by atoms with Crippen molar-refractivity contribution in [2.24, 2.45) is 0 Å². The zero-order chi connectivity index (χ0) is 13.1. The van der Waals surface area contributed by atoms with Gasteiger partial charge in [0.05, 0.1) is 0 Å². The Balaban J connectivity index is 2.44. The van der Waals surface area contributed by atoms with Gasteiger partial charge in [0.15, 0.2) is 0 Å². The fraction of sp³-hybridized carbons (Fsp3) is 0.188. The largest absolute Gasteiger partial charge is 0.355 e. The van der Waals surface area contributed by atoms with Gasteiger partial charge in [0.1, 0.15) is 0 Å². The van der Waals surface area contributed by atoms with Crippen LogP contribution in [0.4, 0.5) is 0 Å². The molecule has 1 N–H and O–H groups in total. The Bertz CT molecular complexity index is 587. The van der Waals surface area contributed by atoms with Crippen molar-refractivity contribution in [2.45, 2.75) is 13.8 Å². The number of benzene rings is 2. The smallest absolute Gasteiger partial charge is 0.251 e. The summed E-state index contributed by atoms with van der Waals surface area (Å²) in [5, 5.41) is 2.64. The van der Waals surface area contributed by atoms with E-state index in [4.69, 9.17) is 0 Å². The molecule has 0 saturated carbocycles. The molecule has 18 heavy (non-hydrogen) atoms. The number of hydrogen-bond donors (Lipinski definition) is 1. The van der Waals surface area contributed by atoms with E-state index in [1.54, 1.807) is 7.05 Å². The van der Waals surface area contributed by atoms with E-state index >= 15 is 0 Å². The Hall–Kier alpha value is -2.09. The van der Waals surface area contributed by atoms with Crippen LogP contribution in [0.1, 0.15) is 21.5 Å². The lowest BCUT2D eigenvalue weighted by Crippen LogP contribution is -2.17. The average Bonchev–Trinajstić information content (AvgIpc) is 2.41. The summed E-state index contributed by atoms with van der Waals surface area (Å²) in [6.07, 6.45) is 0. The molecule has 2 nitrogen and oxygen atoms in total. The summed E-state index contributed by atoms with van der Waals surface area (Å²) in [7, 11) is 1.64. The first-order valence-electron chi connectivity index (χ1n) is 6.01. The molecule has 0 fully saturated rings. The molecule has 2 aromatic carbocycles. The minimum Gasteiger partial charge on any atom is -0.355 e. The van der Waals surface area contributed by atoms with Crippen LogP contribution in [0.3, 0.4) is 0 Å². The predicted molar refractivity (Wildman–Crippen MR) is 74.7 cm³/mol. The van der Waals surface area contributed by atoms with Gasteiger partial charge >= 0.3 is 0 Å². The van der Waals surface area contributed by atoms with Gasteiger partial charge in [-0.1, -0.05) is 30.3 Å². The molecule has 0 spiro atoms. The molecule has 0 heterocycles. The summed E-state index contributed by atoms with van der Waals surface area (Å²) in [6.45, 7) is 4.20. The number of rotatable bonds is 2. The molecule has 0 aromatic heterocycles. The highest BCUT2D eigenvalue weighted by Gasteiger charge is 2.05. The van der Waals surface area contributed by atoms with Gasteiger partial charge in [0.25, 0.3) is 5.91 Å². The Kier molecular flexibility index (Phi) is 3.47. The maximum absolute atomic E-state index is 11.6. The maximum Gasteiger partial charge on any atom is 0.251 e. The van der Waals surface area contributed by atoms with E-state index in [2.05, 4.69) is 37.4 Å². The lowest BCUT2D eigenvalue weighted by molar-refractivity contribution is 0.0963. The van der Waals surface area contributed by atoms with Gasteiger partial charge in [-0.15, -0.1) is 0 Å². The van der Waals surface area contributed by atoms with Crippen LogP contribution in [0.5, 0.6) is 0 Å². The molecular formula is C16H17NO. The zero-order valence-electron chi connectivity index (χ0n) is 10.9. The number of nitrogens with one attached hydrogen (secondary N) is 1. The van der Waals surface area contributed by atoms with Gasteiger partial charge in [0, 0.05) is 12.6 Å². The zero-order valence-corrected chi connectivity index (χ0v) is 10.9. The molecule has 0 radical (unpaired) electrons. The normalized spacial score (nSPS) is 10.2. The molecule has 0 unspecified atom stereocenters. The van der Waals surface area contributed by atoms with Crippen LogP contribution in [-0.2, 0) is 0 Å². The second-order valence-corrected chi connectivity index (χ2v) is 4.46. The Morgan fingerprint density at radius 2 is 1.67 bits per heavy atom. The van der Waals surface area contributed by atoms with E-state index in [1.165, 1.54) is 11.1 Å². The summed E-state index contributed by atoms with van der Waals surface area (Å²) in [5.41, 5.74) is 5.44. The Morgan fingerprint density at radius 1 is 0.944 bits per heavy atom. The number of aryl methyl sites for hydroxylation is 2. The number of amides is 1. The van der Waals surface area contributed by atoms with Crippen molar-refractivity contribution in [3.05, 3.63) is 59.2 Å². The lowest BCUT2D eigenvalue weighted by atomic mass is 9.99. The molecule has 0 aliphatic carbocycles. The summed E-state index contributed by atoms with van der Waals surface area (Å²) in [4.78, 5) is 11.6. The maximum atomic E-state index is 11.6. The summed E-state index contributed by atoms with van der Waals surface area (Å²) in [6, 6.07) is 14.0.